The minimum atomic E-state index is -0.337. The molecule has 0 fully saturated rings. The van der Waals surface area contributed by atoms with Crippen LogP contribution >= 0.6 is 0 Å². The third-order valence-electron chi connectivity index (χ3n) is 4.16. The molecule has 132 valence electrons. The molecule has 2 aromatic heterocycles. The molecule has 1 aromatic carbocycles. The summed E-state index contributed by atoms with van der Waals surface area (Å²) in [5.74, 6) is 1.51. The van der Waals surface area contributed by atoms with Crippen molar-refractivity contribution >= 4 is 5.65 Å². The minimum Gasteiger partial charge on any atom is -0.494 e. The Morgan fingerprint density at radius 3 is 2.52 bits per heavy atom. The van der Waals surface area contributed by atoms with Gasteiger partial charge in [0.25, 0.3) is 5.56 Å². The van der Waals surface area contributed by atoms with Gasteiger partial charge in [0, 0.05) is 17.3 Å². The number of aromatic nitrogens is 3. The number of hydrogen-bond donors (Lipinski definition) is 1. The van der Waals surface area contributed by atoms with Gasteiger partial charge in [-0.25, -0.2) is 9.50 Å². The predicted octanol–water partition coefficient (Wildman–Crippen LogP) is 3.43. The lowest BCUT2D eigenvalue weighted by Crippen LogP contribution is -2.18. The molecule has 0 bridgehead atoms. The van der Waals surface area contributed by atoms with Crippen LogP contribution in [0.4, 0.5) is 0 Å². The monoisotopic (exact) mass is 341 g/mol. The van der Waals surface area contributed by atoms with Crippen LogP contribution < -0.4 is 15.0 Å². The number of benzene rings is 1. The molecule has 0 amide bonds. The topological polar surface area (TPSA) is 68.6 Å². The van der Waals surface area contributed by atoms with Crippen molar-refractivity contribution in [2.45, 2.75) is 40.2 Å². The van der Waals surface area contributed by atoms with Crippen LogP contribution in [-0.2, 0) is 6.42 Å². The molecule has 3 aromatic rings. The number of H-pyrrole nitrogens is 1. The lowest BCUT2D eigenvalue weighted by Gasteiger charge is -2.14. The Bertz CT molecular complexity index is 925. The first-order valence-corrected chi connectivity index (χ1v) is 8.54. The van der Waals surface area contributed by atoms with Gasteiger partial charge < -0.3 is 9.47 Å². The van der Waals surface area contributed by atoms with Crippen LogP contribution in [0.15, 0.2) is 35.1 Å². The van der Waals surface area contributed by atoms with E-state index in [2.05, 4.69) is 17.0 Å². The molecule has 0 radical (unpaired) electrons. The number of ether oxygens (including phenoxy) is 2. The van der Waals surface area contributed by atoms with Crippen LogP contribution in [0, 0.1) is 6.92 Å². The van der Waals surface area contributed by atoms with Crippen LogP contribution in [0.5, 0.6) is 11.5 Å². The van der Waals surface area contributed by atoms with E-state index in [1.807, 2.05) is 45.0 Å². The molecular weight excluding hydrogens is 318 g/mol. The summed E-state index contributed by atoms with van der Waals surface area (Å²) in [6.45, 7) is 8.46. The zero-order valence-corrected chi connectivity index (χ0v) is 15.0. The fourth-order valence-electron chi connectivity index (χ4n) is 2.89. The molecule has 1 N–H and O–H groups in total. The fraction of sp³-hybridized carbons (Fsp3) is 0.368. The molecular formula is C19H23N3O3. The first kappa shape index (κ1) is 17.1. The lowest BCUT2D eigenvalue weighted by atomic mass is 10.2. The fourth-order valence-corrected chi connectivity index (χ4v) is 2.89. The quantitative estimate of drug-likeness (QED) is 0.746. The van der Waals surface area contributed by atoms with Gasteiger partial charge in [0.05, 0.1) is 12.3 Å². The number of nitrogens with one attached hydrogen (secondary N) is 1. The second-order valence-corrected chi connectivity index (χ2v) is 5.91. The van der Waals surface area contributed by atoms with Crippen molar-refractivity contribution in [2.75, 3.05) is 6.61 Å². The number of hydrogen-bond acceptors (Lipinski definition) is 4. The maximum absolute atomic E-state index is 12.4. The van der Waals surface area contributed by atoms with Crippen molar-refractivity contribution in [3.63, 3.8) is 0 Å². The Morgan fingerprint density at radius 2 is 1.88 bits per heavy atom. The number of aromatic amines is 1. The summed E-state index contributed by atoms with van der Waals surface area (Å²) in [4.78, 5) is 17.0. The van der Waals surface area contributed by atoms with Crippen molar-refractivity contribution in [1.82, 2.24) is 14.6 Å². The van der Waals surface area contributed by atoms with Gasteiger partial charge in [0.15, 0.2) is 5.65 Å². The van der Waals surface area contributed by atoms with Crippen molar-refractivity contribution in [3.8, 4) is 11.5 Å². The van der Waals surface area contributed by atoms with Crippen molar-refractivity contribution in [1.29, 1.82) is 0 Å². The first-order chi connectivity index (χ1) is 12.0. The van der Waals surface area contributed by atoms with Gasteiger partial charge in [-0.3, -0.25) is 9.89 Å². The van der Waals surface area contributed by atoms with Crippen LogP contribution in [0.1, 0.15) is 43.8 Å². The van der Waals surface area contributed by atoms with Crippen molar-refractivity contribution < 1.29 is 9.47 Å². The molecule has 1 atom stereocenters. The highest BCUT2D eigenvalue weighted by atomic mass is 16.5. The van der Waals surface area contributed by atoms with Crippen LogP contribution in [0.3, 0.4) is 0 Å². The standard InChI is InChI=1S/C19H23N3O3/c1-5-16-12(3)21-22-18(23)11-17(20-19(16)22)13(4)25-15-9-7-14(8-10-15)24-6-2/h7-11,13,21H,5-6H2,1-4H3. The number of fused-ring (bicyclic) bond motifs is 1. The zero-order chi connectivity index (χ0) is 18.0. The van der Waals surface area contributed by atoms with Gasteiger partial charge >= 0.3 is 0 Å². The van der Waals surface area contributed by atoms with E-state index in [0.29, 0.717) is 23.7 Å². The molecule has 2 heterocycles. The lowest BCUT2D eigenvalue weighted by molar-refractivity contribution is 0.221. The summed E-state index contributed by atoms with van der Waals surface area (Å²) in [6, 6.07) is 8.95. The third kappa shape index (κ3) is 3.38. The van der Waals surface area contributed by atoms with E-state index < -0.39 is 0 Å². The van der Waals surface area contributed by atoms with Gasteiger partial charge in [-0.05, 0) is 51.5 Å². The van der Waals surface area contributed by atoms with Crippen molar-refractivity contribution in [2.24, 2.45) is 0 Å². The zero-order valence-electron chi connectivity index (χ0n) is 15.0. The SMILES string of the molecule is CCOc1ccc(OC(C)c2cc(=O)n3[nH]c(C)c(CC)c3n2)cc1. The number of nitrogens with zero attached hydrogens (tertiary/aromatic N) is 2. The largest absolute Gasteiger partial charge is 0.494 e. The summed E-state index contributed by atoms with van der Waals surface area (Å²) in [5, 5.41) is 3.07. The number of aryl methyl sites for hydroxylation is 2. The van der Waals surface area contributed by atoms with Crippen LogP contribution in [-0.4, -0.2) is 21.2 Å². The smallest absolute Gasteiger partial charge is 0.273 e. The average molecular weight is 341 g/mol. The average Bonchev–Trinajstić information content (AvgIpc) is 2.92. The first-order valence-electron chi connectivity index (χ1n) is 8.54. The molecule has 0 saturated carbocycles. The highest BCUT2D eigenvalue weighted by Crippen LogP contribution is 2.23. The van der Waals surface area contributed by atoms with Gasteiger partial charge in [0.1, 0.15) is 17.6 Å². The highest BCUT2D eigenvalue weighted by Gasteiger charge is 2.16. The predicted molar refractivity (Wildman–Crippen MR) is 96.6 cm³/mol. The summed E-state index contributed by atoms with van der Waals surface area (Å²) >= 11 is 0. The highest BCUT2D eigenvalue weighted by molar-refractivity contribution is 5.50. The normalized spacial score (nSPS) is 12.3. The van der Waals surface area contributed by atoms with E-state index in [-0.39, 0.29) is 11.7 Å². The molecule has 0 aliphatic carbocycles. The molecule has 6 nitrogen and oxygen atoms in total. The Kier molecular flexibility index (Phi) is 4.79. The summed E-state index contributed by atoms with van der Waals surface area (Å²) in [7, 11) is 0. The Labute approximate surface area is 146 Å². The van der Waals surface area contributed by atoms with Crippen LogP contribution in [0.25, 0.3) is 5.65 Å². The Morgan fingerprint density at radius 1 is 1.20 bits per heavy atom. The molecule has 0 aliphatic rings. The second-order valence-electron chi connectivity index (χ2n) is 5.91. The van der Waals surface area contributed by atoms with Crippen LogP contribution in [0.2, 0.25) is 0 Å². The molecule has 1 unspecified atom stereocenters. The van der Waals surface area contributed by atoms with E-state index in [0.717, 1.165) is 23.4 Å². The maximum atomic E-state index is 12.4. The van der Waals surface area contributed by atoms with Gasteiger partial charge in [0.2, 0.25) is 0 Å². The molecule has 0 aliphatic heterocycles. The summed E-state index contributed by atoms with van der Waals surface area (Å²) in [5.41, 5.74) is 3.17. The minimum absolute atomic E-state index is 0.134. The third-order valence-corrected chi connectivity index (χ3v) is 4.16. The Balaban J connectivity index is 1.89. The van der Waals surface area contributed by atoms with E-state index in [1.54, 1.807) is 0 Å². The maximum Gasteiger partial charge on any atom is 0.273 e. The summed E-state index contributed by atoms with van der Waals surface area (Å²) < 4.78 is 12.9. The Hall–Kier alpha value is -2.76. The van der Waals surface area contributed by atoms with E-state index in [1.165, 1.54) is 10.6 Å². The molecule has 3 rings (SSSR count). The van der Waals surface area contributed by atoms with Gasteiger partial charge in [-0.1, -0.05) is 6.92 Å². The molecule has 0 saturated heterocycles. The van der Waals surface area contributed by atoms with E-state index >= 15 is 0 Å². The van der Waals surface area contributed by atoms with E-state index in [9.17, 15) is 4.79 Å². The molecule has 0 spiro atoms. The molecule has 6 heteroatoms. The van der Waals surface area contributed by atoms with Gasteiger partial charge in [-0.2, -0.15) is 0 Å². The van der Waals surface area contributed by atoms with Gasteiger partial charge in [-0.15, -0.1) is 0 Å². The molecule has 25 heavy (non-hydrogen) atoms. The second kappa shape index (κ2) is 7.01. The summed E-state index contributed by atoms with van der Waals surface area (Å²) in [6.07, 6.45) is 0.471. The van der Waals surface area contributed by atoms with Crippen molar-refractivity contribution in [3.05, 3.63) is 57.6 Å². The van der Waals surface area contributed by atoms with E-state index in [4.69, 9.17) is 9.47 Å². The number of rotatable bonds is 6.